The Balaban J connectivity index is 0.00000289. The van der Waals surface area contributed by atoms with Crippen molar-refractivity contribution >= 4 is 24.3 Å². The van der Waals surface area contributed by atoms with E-state index >= 15 is 0 Å². The smallest absolute Gasteiger partial charge is 0.312 e. The van der Waals surface area contributed by atoms with Crippen LogP contribution in [0.25, 0.3) is 0 Å². The molecule has 5 nitrogen and oxygen atoms in total. The topological polar surface area (TPSA) is 64.6 Å². The molecule has 1 aliphatic heterocycles. The highest BCUT2D eigenvalue weighted by molar-refractivity contribution is 5.85. The van der Waals surface area contributed by atoms with Crippen molar-refractivity contribution in [3.63, 3.8) is 0 Å². The molecule has 0 radical (unpaired) electrons. The minimum Gasteiger partial charge on any atom is -0.466 e. The van der Waals surface area contributed by atoms with Crippen molar-refractivity contribution in [2.75, 3.05) is 26.3 Å². The van der Waals surface area contributed by atoms with Crippen molar-refractivity contribution in [2.24, 2.45) is 5.41 Å². The second kappa shape index (κ2) is 8.32. The van der Waals surface area contributed by atoms with Crippen LogP contribution in [0.15, 0.2) is 0 Å². The molecular weight excluding hydrogens is 258 g/mol. The minimum atomic E-state index is -0.687. The highest BCUT2D eigenvalue weighted by Crippen LogP contribution is 2.34. The van der Waals surface area contributed by atoms with E-state index in [0.29, 0.717) is 26.1 Å². The third kappa shape index (κ3) is 4.46. The molecule has 0 atom stereocenters. The van der Waals surface area contributed by atoms with Gasteiger partial charge < -0.3 is 14.8 Å². The Hall–Kier alpha value is -0.810. The number of hydrogen-bond donors (Lipinski definition) is 1. The molecule has 0 bridgehead atoms. The Bertz CT molecular complexity index is 277. The first-order chi connectivity index (χ1) is 8.14. The lowest BCUT2D eigenvalue weighted by Gasteiger charge is -2.34. The molecule has 0 aromatic rings. The number of carbonyl (C=O) groups is 2. The van der Waals surface area contributed by atoms with Crippen molar-refractivity contribution in [1.82, 2.24) is 5.32 Å². The predicted octanol–water partition coefficient (Wildman–Crippen LogP) is 1.29. The highest BCUT2D eigenvalue weighted by atomic mass is 35.5. The zero-order chi connectivity index (χ0) is 12.7. The summed E-state index contributed by atoms with van der Waals surface area (Å²) in [6.45, 7) is 5.69. The summed E-state index contributed by atoms with van der Waals surface area (Å²) in [5, 5.41) is 3.18. The molecule has 1 fully saturated rings. The van der Waals surface area contributed by atoms with Crippen LogP contribution in [0.2, 0.25) is 0 Å². The molecule has 18 heavy (non-hydrogen) atoms. The molecule has 0 aromatic carbocycles. The van der Waals surface area contributed by atoms with Gasteiger partial charge in [0.2, 0.25) is 0 Å². The van der Waals surface area contributed by atoms with E-state index in [1.807, 2.05) is 0 Å². The summed E-state index contributed by atoms with van der Waals surface area (Å²) >= 11 is 0. The Labute approximate surface area is 114 Å². The number of esters is 2. The van der Waals surface area contributed by atoms with Gasteiger partial charge in [0, 0.05) is 0 Å². The van der Waals surface area contributed by atoms with Crippen LogP contribution in [0.1, 0.15) is 33.1 Å². The van der Waals surface area contributed by atoms with E-state index in [1.54, 1.807) is 13.8 Å². The van der Waals surface area contributed by atoms with Gasteiger partial charge in [0.25, 0.3) is 0 Å². The fraction of sp³-hybridized carbons (Fsp3) is 0.833. The molecule has 1 N–H and O–H groups in total. The van der Waals surface area contributed by atoms with Crippen molar-refractivity contribution < 1.29 is 19.1 Å². The number of nitrogens with one attached hydrogen (secondary N) is 1. The maximum Gasteiger partial charge on any atom is 0.312 e. The molecule has 1 heterocycles. The second-order valence-corrected chi connectivity index (χ2v) is 4.23. The number of carbonyl (C=O) groups excluding carboxylic acids is 2. The summed E-state index contributed by atoms with van der Waals surface area (Å²) in [5.74, 6) is -0.586. The molecular formula is C12H22ClNO4. The molecule has 0 saturated carbocycles. The fourth-order valence-electron chi connectivity index (χ4n) is 2.13. The first-order valence-electron chi connectivity index (χ1n) is 6.18. The average Bonchev–Trinajstić information content (AvgIpc) is 2.30. The van der Waals surface area contributed by atoms with E-state index in [9.17, 15) is 9.59 Å². The Kier molecular flexibility index (Phi) is 7.95. The SMILES string of the molecule is CCOC(=O)CC1(C(=O)OCC)CCNCC1.Cl. The van der Waals surface area contributed by atoms with Gasteiger partial charge in [-0.25, -0.2) is 0 Å². The van der Waals surface area contributed by atoms with Gasteiger partial charge in [-0.3, -0.25) is 9.59 Å². The monoisotopic (exact) mass is 279 g/mol. The lowest BCUT2D eigenvalue weighted by Crippen LogP contribution is -2.44. The molecule has 1 rings (SSSR count). The molecule has 106 valence electrons. The first kappa shape index (κ1) is 17.2. The maximum atomic E-state index is 12.0. The third-order valence-corrected chi connectivity index (χ3v) is 3.06. The standard InChI is InChI=1S/C12H21NO4.ClH/c1-3-16-10(14)9-12(11(15)17-4-2)5-7-13-8-6-12;/h13H,3-9H2,1-2H3;1H. The summed E-state index contributed by atoms with van der Waals surface area (Å²) in [6, 6.07) is 0. The summed E-state index contributed by atoms with van der Waals surface area (Å²) in [5.41, 5.74) is -0.687. The van der Waals surface area contributed by atoms with Crippen molar-refractivity contribution in [3.8, 4) is 0 Å². The zero-order valence-electron chi connectivity index (χ0n) is 11.0. The number of rotatable bonds is 5. The Morgan fingerprint density at radius 2 is 1.67 bits per heavy atom. The van der Waals surface area contributed by atoms with Gasteiger partial charge in [0.15, 0.2) is 0 Å². The highest BCUT2D eigenvalue weighted by Gasteiger charge is 2.43. The van der Waals surface area contributed by atoms with Gasteiger partial charge in [0.05, 0.1) is 25.0 Å². The Morgan fingerprint density at radius 1 is 1.11 bits per heavy atom. The average molecular weight is 280 g/mol. The number of piperidine rings is 1. The van der Waals surface area contributed by atoms with E-state index < -0.39 is 5.41 Å². The Morgan fingerprint density at radius 3 is 2.17 bits per heavy atom. The molecule has 0 aliphatic carbocycles. The van der Waals surface area contributed by atoms with Crippen molar-refractivity contribution in [2.45, 2.75) is 33.1 Å². The molecule has 0 amide bonds. The van der Waals surface area contributed by atoms with Crippen LogP contribution in [-0.4, -0.2) is 38.2 Å². The van der Waals surface area contributed by atoms with E-state index in [1.165, 1.54) is 0 Å². The largest absolute Gasteiger partial charge is 0.466 e. The quantitative estimate of drug-likeness (QED) is 0.769. The molecule has 0 unspecified atom stereocenters. The van der Waals surface area contributed by atoms with Gasteiger partial charge >= 0.3 is 11.9 Å². The van der Waals surface area contributed by atoms with E-state index in [4.69, 9.17) is 9.47 Å². The van der Waals surface area contributed by atoms with E-state index in [0.717, 1.165) is 13.1 Å². The normalized spacial score (nSPS) is 17.4. The lowest BCUT2D eigenvalue weighted by atomic mass is 9.76. The second-order valence-electron chi connectivity index (χ2n) is 4.23. The van der Waals surface area contributed by atoms with Gasteiger partial charge in [-0.2, -0.15) is 0 Å². The number of hydrogen-bond acceptors (Lipinski definition) is 5. The minimum absolute atomic E-state index is 0. The van der Waals surface area contributed by atoms with Crippen LogP contribution < -0.4 is 5.32 Å². The van der Waals surface area contributed by atoms with Crippen LogP contribution in [0.4, 0.5) is 0 Å². The summed E-state index contributed by atoms with van der Waals surface area (Å²) in [4.78, 5) is 23.6. The maximum absolute atomic E-state index is 12.0. The van der Waals surface area contributed by atoms with Crippen LogP contribution in [0, 0.1) is 5.41 Å². The molecule has 0 aromatic heterocycles. The van der Waals surface area contributed by atoms with Gasteiger partial charge in [0.1, 0.15) is 0 Å². The number of halogens is 1. The van der Waals surface area contributed by atoms with Crippen molar-refractivity contribution in [1.29, 1.82) is 0 Å². The predicted molar refractivity (Wildman–Crippen MR) is 69.7 cm³/mol. The van der Waals surface area contributed by atoms with E-state index in [2.05, 4.69) is 5.32 Å². The van der Waals surface area contributed by atoms with Crippen molar-refractivity contribution in [3.05, 3.63) is 0 Å². The lowest BCUT2D eigenvalue weighted by molar-refractivity contribution is -0.164. The first-order valence-corrected chi connectivity index (χ1v) is 6.18. The summed E-state index contributed by atoms with van der Waals surface area (Å²) in [6.07, 6.45) is 1.39. The number of ether oxygens (including phenoxy) is 2. The molecule has 1 aliphatic rings. The zero-order valence-corrected chi connectivity index (χ0v) is 11.8. The van der Waals surface area contributed by atoms with Gasteiger partial charge in [-0.1, -0.05) is 0 Å². The summed E-state index contributed by atoms with van der Waals surface area (Å²) in [7, 11) is 0. The molecule has 6 heteroatoms. The molecule has 1 saturated heterocycles. The summed E-state index contributed by atoms with van der Waals surface area (Å²) < 4.78 is 10.0. The van der Waals surface area contributed by atoms with Crippen LogP contribution in [0.3, 0.4) is 0 Å². The third-order valence-electron chi connectivity index (χ3n) is 3.06. The van der Waals surface area contributed by atoms with Crippen LogP contribution >= 0.6 is 12.4 Å². The van der Waals surface area contributed by atoms with E-state index in [-0.39, 0.29) is 30.8 Å². The van der Waals surface area contributed by atoms with Crippen LogP contribution in [0.5, 0.6) is 0 Å². The fourth-order valence-corrected chi connectivity index (χ4v) is 2.13. The van der Waals surface area contributed by atoms with Gasteiger partial charge in [-0.15, -0.1) is 12.4 Å². The van der Waals surface area contributed by atoms with Gasteiger partial charge in [-0.05, 0) is 39.8 Å². The molecule has 0 spiro atoms. The van der Waals surface area contributed by atoms with Crippen LogP contribution in [-0.2, 0) is 19.1 Å².